The number of nitrogens with one attached hydrogen (secondary N) is 1. The van der Waals surface area contributed by atoms with Crippen molar-refractivity contribution in [1.29, 1.82) is 0 Å². The van der Waals surface area contributed by atoms with E-state index in [-0.39, 0.29) is 0 Å². The predicted molar refractivity (Wildman–Crippen MR) is 65.1 cm³/mol. The van der Waals surface area contributed by atoms with Gasteiger partial charge in [0.25, 0.3) is 0 Å². The predicted octanol–water partition coefficient (Wildman–Crippen LogP) is 2.97. The minimum Gasteiger partial charge on any atom is -0.382 e. The minimum absolute atomic E-state index is 0.416. The minimum atomic E-state index is 0.416. The fraction of sp³-hybridized carbons (Fsp3) is 1.00. The molecular formula is C13H27NO. The van der Waals surface area contributed by atoms with Crippen LogP contribution in [0.25, 0.3) is 0 Å². The van der Waals surface area contributed by atoms with Crippen molar-refractivity contribution in [2.45, 2.75) is 64.5 Å². The topological polar surface area (TPSA) is 21.3 Å². The summed E-state index contributed by atoms with van der Waals surface area (Å²) in [6.07, 6.45) is 8.43. The van der Waals surface area contributed by atoms with Crippen molar-refractivity contribution in [2.24, 2.45) is 5.92 Å². The van der Waals surface area contributed by atoms with E-state index < -0.39 is 0 Å². The lowest BCUT2D eigenvalue weighted by molar-refractivity contribution is 0.0789. The van der Waals surface area contributed by atoms with Crippen LogP contribution in [0.5, 0.6) is 0 Å². The quantitative estimate of drug-likeness (QED) is 0.732. The molecule has 0 aromatic heterocycles. The summed E-state index contributed by atoms with van der Waals surface area (Å²) in [5.41, 5.74) is 0. The van der Waals surface area contributed by atoms with Crippen LogP contribution in [0.2, 0.25) is 0 Å². The van der Waals surface area contributed by atoms with Gasteiger partial charge in [-0.3, -0.25) is 0 Å². The Kier molecular flexibility index (Phi) is 6.26. The summed E-state index contributed by atoms with van der Waals surface area (Å²) < 4.78 is 5.38. The first kappa shape index (κ1) is 13.0. The molecule has 90 valence electrons. The zero-order valence-corrected chi connectivity index (χ0v) is 10.6. The second kappa shape index (κ2) is 7.24. The van der Waals surface area contributed by atoms with Crippen LogP contribution in [-0.2, 0) is 4.74 Å². The van der Waals surface area contributed by atoms with Crippen molar-refractivity contribution in [2.75, 3.05) is 13.7 Å². The highest BCUT2D eigenvalue weighted by Gasteiger charge is 2.25. The zero-order chi connectivity index (χ0) is 11.1. The number of rotatable bonds is 6. The summed E-state index contributed by atoms with van der Waals surface area (Å²) in [5, 5.41) is 3.70. The molecule has 0 aromatic rings. The molecule has 2 nitrogen and oxygen atoms in total. The van der Waals surface area contributed by atoms with Gasteiger partial charge in [0.1, 0.15) is 0 Å². The van der Waals surface area contributed by atoms with Gasteiger partial charge in [-0.2, -0.15) is 0 Å². The van der Waals surface area contributed by atoms with Gasteiger partial charge in [0.15, 0.2) is 0 Å². The molecule has 1 rings (SSSR count). The van der Waals surface area contributed by atoms with Gasteiger partial charge in [-0.1, -0.05) is 19.8 Å². The summed E-state index contributed by atoms with van der Waals surface area (Å²) in [4.78, 5) is 0. The highest BCUT2D eigenvalue weighted by Crippen LogP contribution is 2.28. The van der Waals surface area contributed by atoms with Crippen LogP contribution >= 0.6 is 0 Å². The van der Waals surface area contributed by atoms with E-state index in [0.29, 0.717) is 6.10 Å². The Morgan fingerprint density at radius 3 is 2.73 bits per heavy atom. The molecular weight excluding hydrogens is 186 g/mol. The van der Waals surface area contributed by atoms with Gasteiger partial charge in [-0.05, 0) is 45.1 Å². The molecule has 1 N–H and O–H groups in total. The maximum Gasteiger partial charge on any atom is 0.0546 e. The van der Waals surface area contributed by atoms with Crippen molar-refractivity contribution in [1.82, 2.24) is 5.32 Å². The fourth-order valence-corrected chi connectivity index (χ4v) is 2.61. The third kappa shape index (κ3) is 4.52. The lowest BCUT2D eigenvalue weighted by Crippen LogP contribution is -2.40. The summed E-state index contributed by atoms with van der Waals surface area (Å²) in [6.45, 7) is 5.59. The van der Waals surface area contributed by atoms with Crippen LogP contribution in [0.4, 0.5) is 0 Å². The lowest BCUT2D eigenvalue weighted by Gasteiger charge is -2.33. The molecule has 1 fully saturated rings. The normalized spacial score (nSPS) is 29.0. The molecule has 2 heteroatoms. The van der Waals surface area contributed by atoms with Gasteiger partial charge < -0.3 is 10.1 Å². The molecule has 0 saturated heterocycles. The number of hydrogen-bond acceptors (Lipinski definition) is 2. The summed E-state index contributed by atoms with van der Waals surface area (Å²) in [6, 6.07) is 0.747. The van der Waals surface area contributed by atoms with E-state index in [0.717, 1.165) is 12.0 Å². The molecule has 0 bridgehead atoms. The highest BCUT2D eigenvalue weighted by atomic mass is 16.5. The SMILES string of the molecule is CCCNC1CCCCC1CC(C)OC. The lowest BCUT2D eigenvalue weighted by atomic mass is 9.81. The molecule has 0 spiro atoms. The molecule has 1 aliphatic carbocycles. The third-order valence-corrected chi connectivity index (χ3v) is 3.60. The number of ether oxygens (including phenoxy) is 1. The molecule has 0 amide bonds. The number of methoxy groups -OCH3 is 1. The number of hydrogen-bond donors (Lipinski definition) is 1. The maximum absolute atomic E-state index is 5.38. The Labute approximate surface area is 94.8 Å². The van der Waals surface area contributed by atoms with Crippen LogP contribution in [0.3, 0.4) is 0 Å². The molecule has 1 saturated carbocycles. The molecule has 0 aliphatic heterocycles. The van der Waals surface area contributed by atoms with Crippen molar-refractivity contribution < 1.29 is 4.74 Å². The van der Waals surface area contributed by atoms with Crippen molar-refractivity contribution >= 4 is 0 Å². The van der Waals surface area contributed by atoms with E-state index >= 15 is 0 Å². The van der Waals surface area contributed by atoms with E-state index in [1.54, 1.807) is 0 Å². The molecule has 3 unspecified atom stereocenters. The average molecular weight is 213 g/mol. The monoisotopic (exact) mass is 213 g/mol. The van der Waals surface area contributed by atoms with Gasteiger partial charge in [0, 0.05) is 13.2 Å². The molecule has 0 aromatic carbocycles. The molecule has 15 heavy (non-hydrogen) atoms. The van der Waals surface area contributed by atoms with Gasteiger partial charge in [-0.15, -0.1) is 0 Å². The van der Waals surface area contributed by atoms with Crippen molar-refractivity contribution in [3.8, 4) is 0 Å². The molecule has 0 heterocycles. The second-order valence-electron chi connectivity index (χ2n) is 4.89. The second-order valence-corrected chi connectivity index (χ2v) is 4.89. The molecule has 0 radical (unpaired) electrons. The van der Waals surface area contributed by atoms with Crippen LogP contribution in [0, 0.1) is 5.92 Å². The smallest absolute Gasteiger partial charge is 0.0546 e. The first-order chi connectivity index (χ1) is 7.27. The van der Waals surface area contributed by atoms with Crippen LogP contribution in [0.15, 0.2) is 0 Å². The Morgan fingerprint density at radius 2 is 2.07 bits per heavy atom. The Balaban J connectivity index is 2.35. The van der Waals surface area contributed by atoms with E-state index in [9.17, 15) is 0 Å². The van der Waals surface area contributed by atoms with Gasteiger partial charge in [0.05, 0.1) is 6.10 Å². The van der Waals surface area contributed by atoms with E-state index in [2.05, 4.69) is 19.2 Å². The highest BCUT2D eigenvalue weighted by molar-refractivity contribution is 4.82. The van der Waals surface area contributed by atoms with Gasteiger partial charge in [0.2, 0.25) is 0 Å². The third-order valence-electron chi connectivity index (χ3n) is 3.60. The standard InChI is InChI=1S/C13H27NO/c1-4-9-14-13-8-6-5-7-12(13)10-11(2)15-3/h11-14H,4-10H2,1-3H3. The van der Waals surface area contributed by atoms with Gasteiger partial charge >= 0.3 is 0 Å². The fourth-order valence-electron chi connectivity index (χ4n) is 2.61. The first-order valence-corrected chi connectivity index (χ1v) is 6.54. The summed E-state index contributed by atoms with van der Waals surface area (Å²) in [5.74, 6) is 0.834. The van der Waals surface area contributed by atoms with Crippen molar-refractivity contribution in [3.63, 3.8) is 0 Å². The maximum atomic E-state index is 5.38. The van der Waals surface area contributed by atoms with Crippen molar-refractivity contribution in [3.05, 3.63) is 0 Å². The zero-order valence-electron chi connectivity index (χ0n) is 10.6. The van der Waals surface area contributed by atoms with Crippen LogP contribution < -0.4 is 5.32 Å². The summed E-state index contributed by atoms with van der Waals surface area (Å²) >= 11 is 0. The van der Waals surface area contributed by atoms with Gasteiger partial charge in [-0.25, -0.2) is 0 Å². The first-order valence-electron chi connectivity index (χ1n) is 6.54. The summed E-state index contributed by atoms with van der Waals surface area (Å²) in [7, 11) is 1.82. The Hall–Kier alpha value is -0.0800. The Bertz CT molecular complexity index is 161. The van der Waals surface area contributed by atoms with Crippen LogP contribution in [0.1, 0.15) is 52.4 Å². The van der Waals surface area contributed by atoms with E-state index in [1.165, 1.54) is 45.1 Å². The molecule has 1 aliphatic rings. The average Bonchev–Trinajstić information content (AvgIpc) is 2.28. The van der Waals surface area contributed by atoms with E-state index in [4.69, 9.17) is 4.74 Å². The Morgan fingerprint density at radius 1 is 1.33 bits per heavy atom. The largest absolute Gasteiger partial charge is 0.382 e. The van der Waals surface area contributed by atoms with Crippen LogP contribution in [-0.4, -0.2) is 25.8 Å². The molecule has 3 atom stereocenters. The van der Waals surface area contributed by atoms with E-state index in [1.807, 2.05) is 7.11 Å².